The lowest BCUT2D eigenvalue weighted by atomic mass is 9.82. The zero-order valence-electron chi connectivity index (χ0n) is 10.6. The summed E-state index contributed by atoms with van der Waals surface area (Å²) < 4.78 is 32.2. The predicted octanol–water partition coefficient (Wildman–Crippen LogP) is 0.619. The average molecular weight is 272 g/mol. The number of hydrogen-bond acceptors (Lipinski definition) is 3. The molecule has 0 spiro atoms. The third-order valence-electron chi connectivity index (χ3n) is 5.17. The van der Waals surface area contributed by atoms with Crippen molar-refractivity contribution in [2.24, 2.45) is 11.8 Å². The van der Waals surface area contributed by atoms with E-state index in [1.165, 1.54) is 0 Å². The number of hydrogen-bond donors (Lipinski definition) is 1. The van der Waals surface area contributed by atoms with E-state index < -0.39 is 12.0 Å². The van der Waals surface area contributed by atoms with Crippen LogP contribution in [0, 0.1) is 11.8 Å². The molecule has 4 heterocycles. The van der Waals surface area contributed by atoms with Crippen molar-refractivity contribution >= 4 is 5.91 Å². The lowest BCUT2D eigenvalue weighted by Gasteiger charge is -2.22. The molecule has 4 rings (SSSR count). The molecule has 4 aliphatic heterocycles. The first-order valence-electron chi connectivity index (χ1n) is 7.09. The summed E-state index contributed by atoms with van der Waals surface area (Å²) in [6, 6.07) is -0.701. The standard InChI is InChI=1S/C13H18F2N2O2/c14-13(15)3-9(16-6-13)12(18)17-4-7-8(5-17)11-2-1-10(7)19-11/h7-11,16H,1-6H2. The molecular formula is C13H18F2N2O2. The Bertz CT molecular complexity index is 399. The molecule has 5 atom stereocenters. The molecule has 4 fully saturated rings. The van der Waals surface area contributed by atoms with Crippen molar-refractivity contribution in [2.75, 3.05) is 19.6 Å². The fourth-order valence-electron chi connectivity index (χ4n) is 4.25. The second kappa shape index (κ2) is 3.88. The molecule has 106 valence electrons. The lowest BCUT2D eigenvalue weighted by Crippen LogP contribution is -2.43. The predicted molar refractivity (Wildman–Crippen MR) is 62.8 cm³/mol. The molecule has 4 nitrogen and oxygen atoms in total. The van der Waals surface area contributed by atoms with Crippen molar-refractivity contribution < 1.29 is 18.3 Å². The van der Waals surface area contributed by atoms with Gasteiger partial charge in [-0.1, -0.05) is 0 Å². The Labute approximate surface area is 110 Å². The number of likely N-dealkylation sites (tertiary alicyclic amines) is 1. The molecule has 2 bridgehead atoms. The number of nitrogens with one attached hydrogen (secondary N) is 1. The fourth-order valence-corrected chi connectivity index (χ4v) is 4.25. The van der Waals surface area contributed by atoms with E-state index in [4.69, 9.17) is 4.74 Å². The minimum atomic E-state index is -2.74. The maximum atomic E-state index is 13.2. The number of rotatable bonds is 1. The Morgan fingerprint density at radius 2 is 1.84 bits per heavy atom. The molecule has 0 aromatic carbocycles. The molecule has 0 radical (unpaired) electrons. The second-order valence-corrected chi connectivity index (χ2v) is 6.35. The number of halogens is 2. The summed E-state index contributed by atoms with van der Waals surface area (Å²) in [6.45, 7) is 1.00. The third kappa shape index (κ3) is 1.80. The van der Waals surface area contributed by atoms with E-state index >= 15 is 0 Å². The molecule has 0 aromatic rings. The number of amides is 1. The van der Waals surface area contributed by atoms with E-state index in [1.807, 2.05) is 0 Å². The smallest absolute Gasteiger partial charge is 0.262 e. The molecule has 0 aliphatic carbocycles. The van der Waals surface area contributed by atoms with Crippen LogP contribution in [-0.4, -0.2) is 54.6 Å². The summed E-state index contributed by atoms with van der Waals surface area (Å²) in [5, 5.41) is 2.65. The minimum Gasteiger partial charge on any atom is -0.374 e. The third-order valence-corrected chi connectivity index (χ3v) is 5.17. The van der Waals surface area contributed by atoms with Gasteiger partial charge in [0, 0.05) is 31.3 Å². The van der Waals surface area contributed by atoms with Crippen LogP contribution in [-0.2, 0) is 9.53 Å². The van der Waals surface area contributed by atoms with Crippen LogP contribution in [0.25, 0.3) is 0 Å². The highest BCUT2D eigenvalue weighted by molar-refractivity contribution is 5.82. The van der Waals surface area contributed by atoms with Gasteiger partial charge in [0.15, 0.2) is 0 Å². The quantitative estimate of drug-likeness (QED) is 0.761. The van der Waals surface area contributed by atoms with Crippen LogP contribution >= 0.6 is 0 Å². The van der Waals surface area contributed by atoms with Crippen molar-refractivity contribution in [3.05, 3.63) is 0 Å². The van der Waals surface area contributed by atoms with Gasteiger partial charge >= 0.3 is 0 Å². The summed E-state index contributed by atoms with van der Waals surface area (Å²) >= 11 is 0. The Morgan fingerprint density at radius 3 is 2.37 bits per heavy atom. The number of alkyl halides is 2. The number of nitrogens with zero attached hydrogens (tertiary/aromatic N) is 1. The molecule has 6 heteroatoms. The molecule has 19 heavy (non-hydrogen) atoms. The molecular weight excluding hydrogens is 254 g/mol. The van der Waals surface area contributed by atoms with E-state index in [9.17, 15) is 13.6 Å². The monoisotopic (exact) mass is 272 g/mol. The largest absolute Gasteiger partial charge is 0.374 e. The highest BCUT2D eigenvalue weighted by Gasteiger charge is 2.55. The maximum absolute atomic E-state index is 13.2. The van der Waals surface area contributed by atoms with Crippen molar-refractivity contribution in [2.45, 2.75) is 43.4 Å². The van der Waals surface area contributed by atoms with Gasteiger partial charge in [0.05, 0.1) is 24.8 Å². The summed E-state index contributed by atoms with van der Waals surface area (Å²) in [5.74, 6) is -2.02. The van der Waals surface area contributed by atoms with Crippen LogP contribution in [0.5, 0.6) is 0 Å². The van der Waals surface area contributed by atoms with Gasteiger partial charge in [0.1, 0.15) is 0 Å². The van der Waals surface area contributed by atoms with Crippen molar-refractivity contribution in [3.63, 3.8) is 0 Å². The van der Waals surface area contributed by atoms with Crippen molar-refractivity contribution in [1.82, 2.24) is 10.2 Å². The summed E-state index contributed by atoms with van der Waals surface area (Å²) in [5.41, 5.74) is 0. The van der Waals surface area contributed by atoms with Crippen molar-refractivity contribution in [3.8, 4) is 0 Å². The lowest BCUT2D eigenvalue weighted by molar-refractivity contribution is -0.133. The Hall–Kier alpha value is -0.750. The van der Waals surface area contributed by atoms with E-state index in [-0.39, 0.29) is 18.9 Å². The highest BCUT2D eigenvalue weighted by atomic mass is 19.3. The van der Waals surface area contributed by atoms with Gasteiger partial charge in [-0.2, -0.15) is 0 Å². The van der Waals surface area contributed by atoms with Crippen LogP contribution in [0.3, 0.4) is 0 Å². The highest BCUT2D eigenvalue weighted by Crippen LogP contribution is 2.47. The molecule has 0 saturated carbocycles. The van der Waals surface area contributed by atoms with E-state index in [0.29, 0.717) is 37.1 Å². The van der Waals surface area contributed by atoms with E-state index in [1.54, 1.807) is 4.90 Å². The number of carbonyl (C=O) groups is 1. The van der Waals surface area contributed by atoms with Gasteiger partial charge in [-0.15, -0.1) is 0 Å². The molecule has 1 N–H and O–H groups in total. The van der Waals surface area contributed by atoms with Crippen LogP contribution in [0.2, 0.25) is 0 Å². The van der Waals surface area contributed by atoms with Gasteiger partial charge < -0.3 is 9.64 Å². The number of carbonyl (C=O) groups excluding carboxylic acids is 1. The first-order chi connectivity index (χ1) is 9.03. The average Bonchev–Trinajstić information content (AvgIpc) is 3.07. The van der Waals surface area contributed by atoms with E-state index in [0.717, 1.165) is 12.8 Å². The van der Waals surface area contributed by atoms with E-state index in [2.05, 4.69) is 5.32 Å². The molecule has 4 aliphatic rings. The number of fused-ring (bicyclic) bond motifs is 5. The molecule has 4 saturated heterocycles. The summed E-state index contributed by atoms with van der Waals surface area (Å²) in [7, 11) is 0. The van der Waals surface area contributed by atoms with Gasteiger partial charge in [0.25, 0.3) is 5.92 Å². The van der Waals surface area contributed by atoms with Gasteiger partial charge in [-0.05, 0) is 12.8 Å². The minimum absolute atomic E-state index is 0.147. The van der Waals surface area contributed by atoms with Crippen molar-refractivity contribution in [1.29, 1.82) is 0 Å². The van der Waals surface area contributed by atoms with Gasteiger partial charge in [-0.25, -0.2) is 8.78 Å². The Balaban J connectivity index is 1.43. The van der Waals surface area contributed by atoms with Gasteiger partial charge in [-0.3, -0.25) is 10.1 Å². The zero-order valence-corrected chi connectivity index (χ0v) is 10.6. The van der Waals surface area contributed by atoms with Crippen LogP contribution in [0.4, 0.5) is 8.78 Å². The van der Waals surface area contributed by atoms with Gasteiger partial charge in [0.2, 0.25) is 5.91 Å². The second-order valence-electron chi connectivity index (χ2n) is 6.35. The first kappa shape index (κ1) is 12.0. The Morgan fingerprint density at radius 1 is 1.21 bits per heavy atom. The molecule has 1 amide bonds. The van der Waals surface area contributed by atoms with Crippen LogP contribution in [0.15, 0.2) is 0 Å². The topological polar surface area (TPSA) is 41.6 Å². The fraction of sp³-hybridized carbons (Fsp3) is 0.923. The zero-order chi connectivity index (χ0) is 13.2. The molecule has 0 aromatic heterocycles. The van der Waals surface area contributed by atoms with Crippen LogP contribution < -0.4 is 5.32 Å². The number of ether oxygens (including phenoxy) is 1. The van der Waals surface area contributed by atoms with Crippen LogP contribution in [0.1, 0.15) is 19.3 Å². The summed E-state index contributed by atoms with van der Waals surface area (Å²) in [6.07, 6.45) is 2.42. The first-order valence-corrected chi connectivity index (χ1v) is 7.09. The SMILES string of the molecule is O=C(C1CC(F)(F)CN1)N1CC2C3CCC(O3)C2C1. The normalized spacial score (nSPS) is 46.8. The summed E-state index contributed by atoms with van der Waals surface area (Å²) in [4.78, 5) is 14.1. The maximum Gasteiger partial charge on any atom is 0.262 e. The Kier molecular flexibility index (Phi) is 2.46. The molecule has 5 unspecified atom stereocenters.